The molecule has 2 aromatic rings. The fourth-order valence-corrected chi connectivity index (χ4v) is 4.78. The number of non-ortho nitro benzene ring substituents is 1. The second-order valence-electron chi connectivity index (χ2n) is 6.19. The molecular formula is C18H21N3O4S. The Kier molecular flexibility index (Phi) is 5.36. The number of hydrogen-bond acceptors (Lipinski definition) is 5. The molecule has 1 saturated heterocycles. The zero-order valence-electron chi connectivity index (χ0n) is 14.5. The van der Waals surface area contributed by atoms with E-state index in [2.05, 4.69) is 12.2 Å². The van der Waals surface area contributed by atoms with E-state index in [0.717, 1.165) is 18.1 Å². The van der Waals surface area contributed by atoms with Gasteiger partial charge in [0.05, 0.1) is 15.9 Å². The summed E-state index contributed by atoms with van der Waals surface area (Å²) in [6, 6.07) is 12.8. The van der Waals surface area contributed by atoms with Gasteiger partial charge >= 0.3 is 0 Å². The lowest BCUT2D eigenvalue weighted by molar-refractivity contribution is -0.385. The minimum atomic E-state index is -3.84. The molecule has 26 heavy (non-hydrogen) atoms. The fraction of sp³-hybridized carbons (Fsp3) is 0.333. The number of sulfonamides is 1. The molecule has 0 aliphatic carbocycles. The molecular weight excluding hydrogens is 354 g/mol. The van der Waals surface area contributed by atoms with E-state index in [4.69, 9.17) is 0 Å². The molecule has 0 amide bonds. The maximum Gasteiger partial charge on any atom is 0.270 e. The molecule has 1 heterocycles. The summed E-state index contributed by atoms with van der Waals surface area (Å²) >= 11 is 0. The number of nitro groups is 1. The Morgan fingerprint density at radius 2 is 1.96 bits per heavy atom. The zero-order valence-corrected chi connectivity index (χ0v) is 15.3. The van der Waals surface area contributed by atoms with Crippen molar-refractivity contribution in [1.29, 1.82) is 0 Å². The minimum absolute atomic E-state index is 0.0521. The Labute approximate surface area is 152 Å². The van der Waals surface area contributed by atoms with Gasteiger partial charge in [-0.25, -0.2) is 8.42 Å². The van der Waals surface area contributed by atoms with Crippen LogP contribution >= 0.6 is 0 Å². The molecule has 1 unspecified atom stereocenters. The maximum atomic E-state index is 13.1. The van der Waals surface area contributed by atoms with Crippen molar-refractivity contribution in [1.82, 2.24) is 9.62 Å². The van der Waals surface area contributed by atoms with E-state index in [1.54, 1.807) is 0 Å². The van der Waals surface area contributed by atoms with E-state index >= 15 is 0 Å². The summed E-state index contributed by atoms with van der Waals surface area (Å²) in [5.41, 5.74) is 1.86. The lowest BCUT2D eigenvalue weighted by Crippen LogP contribution is -2.48. The predicted molar refractivity (Wildman–Crippen MR) is 98.4 cm³/mol. The molecule has 0 aromatic heterocycles. The molecule has 2 aromatic carbocycles. The zero-order chi connectivity index (χ0) is 18.7. The van der Waals surface area contributed by atoms with E-state index in [-0.39, 0.29) is 16.6 Å². The Hall–Kier alpha value is -2.29. The highest BCUT2D eigenvalue weighted by Gasteiger charge is 2.35. The van der Waals surface area contributed by atoms with Crippen molar-refractivity contribution in [3.63, 3.8) is 0 Å². The van der Waals surface area contributed by atoms with Gasteiger partial charge in [0.15, 0.2) is 0 Å². The van der Waals surface area contributed by atoms with Crippen molar-refractivity contribution < 1.29 is 13.3 Å². The molecule has 1 aliphatic heterocycles. The standard InChI is InChI=1S/C18H21N3O4S/c1-2-14-6-8-15(9-7-14)18-13-19-10-11-20(18)26(24,25)17-5-3-4-16(12-17)21(22)23/h3-9,12,18-19H,2,10-11,13H2,1H3. The van der Waals surface area contributed by atoms with Crippen LogP contribution in [0.1, 0.15) is 24.1 Å². The average Bonchev–Trinajstić information content (AvgIpc) is 2.68. The molecule has 0 bridgehead atoms. The molecule has 1 fully saturated rings. The van der Waals surface area contributed by atoms with Crippen LogP contribution in [0.25, 0.3) is 0 Å². The third kappa shape index (κ3) is 3.62. The Morgan fingerprint density at radius 1 is 1.23 bits per heavy atom. The minimum Gasteiger partial charge on any atom is -0.313 e. The molecule has 1 N–H and O–H groups in total. The first-order chi connectivity index (χ1) is 12.4. The van der Waals surface area contributed by atoms with Gasteiger partial charge in [0, 0.05) is 31.8 Å². The SMILES string of the molecule is CCc1ccc(C2CNCCN2S(=O)(=O)c2cccc([N+](=O)[O-])c2)cc1. The molecule has 7 nitrogen and oxygen atoms in total. The highest BCUT2D eigenvalue weighted by molar-refractivity contribution is 7.89. The van der Waals surface area contributed by atoms with Gasteiger partial charge in [0.1, 0.15) is 0 Å². The van der Waals surface area contributed by atoms with Gasteiger partial charge in [0.2, 0.25) is 10.0 Å². The summed E-state index contributed by atoms with van der Waals surface area (Å²) in [6.45, 7) is 3.42. The molecule has 1 aliphatic rings. The normalized spacial score (nSPS) is 18.6. The first kappa shape index (κ1) is 18.5. The quantitative estimate of drug-likeness (QED) is 0.640. The third-order valence-corrected chi connectivity index (χ3v) is 6.51. The monoisotopic (exact) mass is 375 g/mol. The molecule has 8 heteroatoms. The first-order valence-electron chi connectivity index (χ1n) is 8.49. The van der Waals surface area contributed by atoms with Crippen molar-refractivity contribution in [3.05, 3.63) is 69.8 Å². The largest absolute Gasteiger partial charge is 0.313 e. The highest BCUT2D eigenvalue weighted by Crippen LogP contribution is 2.30. The van der Waals surface area contributed by atoms with Crippen molar-refractivity contribution >= 4 is 15.7 Å². The van der Waals surface area contributed by atoms with Crippen LogP contribution in [-0.2, 0) is 16.4 Å². The van der Waals surface area contributed by atoms with Crippen molar-refractivity contribution in [2.45, 2.75) is 24.3 Å². The van der Waals surface area contributed by atoms with Crippen LogP contribution in [0.2, 0.25) is 0 Å². The van der Waals surface area contributed by atoms with Gasteiger partial charge in [-0.1, -0.05) is 37.3 Å². The number of benzene rings is 2. The van der Waals surface area contributed by atoms with Crippen LogP contribution in [0.5, 0.6) is 0 Å². The Bertz CT molecular complexity index is 897. The third-order valence-electron chi connectivity index (χ3n) is 4.60. The van der Waals surface area contributed by atoms with Crippen LogP contribution in [0, 0.1) is 10.1 Å². The van der Waals surface area contributed by atoms with Gasteiger partial charge in [-0.2, -0.15) is 4.31 Å². The highest BCUT2D eigenvalue weighted by atomic mass is 32.2. The predicted octanol–water partition coefficient (Wildman–Crippen LogP) is 2.49. The van der Waals surface area contributed by atoms with E-state index in [0.29, 0.717) is 19.6 Å². The summed E-state index contributed by atoms with van der Waals surface area (Å²) in [7, 11) is -3.84. The molecule has 1 atom stereocenters. The fourth-order valence-electron chi connectivity index (χ4n) is 3.13. The molecule has 0 spiro atoms. The van der Waals surface area contributed by atoms with Gasteiger partial charge < -0.3 is 5.32 Å². The number of piperazine rings is 1. The van der Waals surface area contributed by atoms with Crippen LogP contribution in [0.4, 0.5) is 5.69 Å². The van der Waals surface area contributed by atoms with Crippen LogP contribution < -0.4 is 5.32 Å². The Morgan fingerprint density at radius 3 is 2.62 bits per heavy atom. The van der Waals surface area contributed by atoms with E-state index < -0.39 is 14.9 Å². The maximum absolute atomic E-state index is 13.1. The summed E-state index contributed by atoms with van der Waals surface area (Å²) in [5.74, 6) is 0. The lowest BCUT2D eigenvalue weighted by Gasteiger charge is -2.35. The van der Waals surface area contributed by atoms with Crippen molar-refractivity contribution in [2.24, 2.45) is 0 Å². The molecule has 0 radical (unpaired) electrons. The summed E-state index contributed by atoms with van der Waals surface area (Å²) in [5, 5.41) is 14.2. The molecule has 3 rings (SSSR count). The first-order valence-corrected chi connectivity index (χ1v) is 9.93. The van der Waals surface area contributed by atoms with E-state index in [9.17, 15) is 18.5 Å². The Balaban J connectivity index is 1.97. The summed E-state index contributed by atoms with van der Waals surface area (Å²) < 4.78 is 27.7. The molecule has 0 saturated carbocycles. The van der Waals surface area contributed by atoms with Gasteiger partial charge in [-0.15, -0.1) is 0 Å². The van der Waals surface area contributed by atoms with E-state index in [1.165, 1.54) is 28.1 Å². The number of nitrogens with one attached hydrogen (secondary N) is 1. The van der Waals surface area contributed by atoms with Gasteiger partial charge in [-0.05, 0) is 23.6 Å². The van der Waals surface area contributed by atoms with Crippen LogP contribution in [-0.4, -0.2) is 37.3 Å². The number of hydrogen-bond donors (Lipinski definition) is 1. The number of nitrogens with zero attached hydrogens (tertiary/aromatic N) is 2. The second-order valence-corrected chi connectivity index (χ2v) is 8.08. The molecule has 138 valence electrons. The van der Waals surface area contributed by atoms with Crippen molar-refractivity contribution in [3.8, 4) is 0 Å². The summed E-state index contributed by atoms with van der Waals surface area (Å²) in [4.78, 5) is 10.4. The van der Waals surface area contributed by atoms with Crippen molar-refractivity contribution in [2.75, 3.05) is 19.6 Å². The van der Waals surface area contributed by atoms with E-state index in [1.807, 2.05) is 24.3 Å². The average molecular weight is 375 g/mol. The van der Waals surface area contributed by atoms with Crippen LogP contribution in [0.3, 0.4) is 0 Å². The number of aryl methyl sites for hydroxylation is 1. The smallest absolute Gasteiger partial charge is 0.270 e. The number of nitro benzene ring substituents is 1. The second kappa shape index (κ2) is 7.53. The van der Waals surface area contributed by atoms with Gasteiger partial charge in [-0.3, -0.25) is 10.1 Å². The lowest BCUT2D eigenvalue weighted by atomic mass is 10.0. The number of rotatable bonds is 5. The summed E-state index contributed by atoms with van der Waals surface area (Å²) in [6.07, 6.45) is 0.916. The topological polar surface area (TPSA) is 92.6 Å². The van der Waals surface area contributed by atoms with Gasteiger partial charge in [0.25, 0.3) is 5.69 Å². The van der Waals surface area contributed by atoms with Crippen LogP contribution in [0.15, 0.2) is 53.4 Å².